The zero-order valence-electron chi connectivity index (χ0n) is 23.0. The van der Waals surface area contributed by atoms with Crippen LogP contribution >= 0.6 is 0 Å². The van der Waals surface area contributed by atoms with E-state index in [1.165, 1.54) is 19.1 Å². The minimum absolute atomic E-state index is 0.122. The smallest absolute Gasteiger partial charge is 0.405 e. The molecule has 3 aromatic carbocycles. The second kappa shape index (κ2) is 12.6. The van der Waals surface area contributed by atoms with E-state index >= 15 is 0 Å². The van der Waals surface area contributed by atoms with E-state index in [2.05, 4.69) is 15.4 Å². The highest BCUT2D eigenvalue weighted by molar-refractivity contribution is 5.79. The lowest BCUT2D eigenvalue weighted by atomic mass is 9.77. The van der Waals surface area contributed by atoms with Crippen molar-refractivity contribution in [3.05, 3.63) is 100 Å². The van der Waals surface area contributed by atoms with Crippen molar-refractivity contribution in [1.82, 2.24) is 10.6 Å². The summed E-state index contributed by atoms with van der Waals surface area (Å²) in [5.74, 6) is -2.51. The van der Waals surface area contributed by atoms with Crippen molar-refractivity contribution in [3.8, 4) is 5.75 Å². The lowest BCUT2D eigenvalue weighted by Gasteiger charge is -2.37. The highest BCUT2D eigenvalue weighted by Gasteiger charge is 2.41. The van der Waals surface area contributed by atoms with E-state index in [1.807, 2.05) is 0 Å². The van der Waals surface area contributed by atoms with Gasteiger partial charge in [0.25, 0.3) is 0 Å². The fraction of sp³-hybridized carbons (Fsp3) is 0.355. The number of hydrogen-bond acceptors (Lipinski definition) is 3. The van der Waals surface area contributed by atoms with E-state index in [-0.39, 0.29) is 29.2 Å². The Bertz CT molecular complexity index is 1450. The van der Waals surface area contributed by atoms with Gasteiger partial charge in [0, 0.05) is 24.4 Å². The molecule has 1 fully saturated rings. The second-order valence-corrected chi connectivity index (χ2v) is 10.6. The van der Waals surface area contributed by atoms with Gasteiger partial charge in [-0.2, -0.15) is 13.2 Å². The number of halogens is 7. The van der Waals surface area contributed by atoms with Gasteiger partial charge in [-0.25, -0.2) is 9.18 Å². The molecule has 5 nitrogen and oxygen atoms in total. The van der Waals surface area contributed by atoms with Gasteiger partial charge in [0.15, 0.2) is 0 Å². The monoisotopic (exact) mass is 610 g/mol. The van der Waals surface area contributed by atoms with Gasteiger partial charge in [-0.05, 0) is 60.7 Å². The Hall–Kier alpha value is -4.09. The first kappa shape index (κ1) is 31.8. The quantitative estimate of drug-likeness (QED) is 0.245. The van der Waals surface area contributed by atoms with Crippen molar-refractivity contribution in [2.75, 3.05) is 0 Å². The van der Waals surface area contributed by atoms with Crippen LogP contribution in [0.3, 0.4) is 0 Å². The Kier molecular flexibility index (Phi) is 9.36. The molecule has 0 saturated heterocycles. The number of ketones is 1. The zero-order chi connectivity index (χ0) is 31.4. The normalized spacial score (nSPS) is 15.5. The van der Waals surface area contributed by atoms with Crippen LogP contribution in [-0.4, -0.2) is 24.2 Å². The van der Waals surface area contributed by atoms with E-state index in [9.17, 15) is 40.3 Å². The average molecular weight is 611 g/mol. The maximum absolute atomic E-state index is 14.9. The van der Waals surface area contributed by atoms with Crippen molar-refractivity contribution in [1.29, 1.82) is 0 Å². The summed E-state index contributed by atoms with van der Waals surface area (Å²) in [6.45, 7) is 1.17. The number of carbonyl (C=O) groups excluding carboxylic acids is 2. The molecule has 2 N–H and O–H groups in total. The molecule has 4 rings (SSSR count). The van der Waals surface area contributed by atoms with Crippen molar-refractivity contribution in [2.24, 2.45) is 0 Å². The molecule has 1 atom stereocenters. The largest absolute Gasteiger partial charge is 0.573 e. The first-order chi connectivity index (χ1) is 20.1. The Labute approximate surface area is 243 Å². The summed E-state index contributed by atoms with van der Waals surface area (Å²) in [6.07, 6.45) is -7.81. The van der Waals surface area contributed by atoms with E-state index in [4.69, 9.17) is 0 Å². The Balaban J connectivity index is 1.99. The van der Waals surface area contributed by atoms with Crippen LogP contribution in [0.1, 0.15) is 60.4 Å². The summed E-state index contributed by atoms with van der Waals surface area (Å²) in [4.78, 5) is 25.3. The predicted octanol–water partition coefficient (Wildman–Crippen LogP) is 7.60. The molecule has 1 unspecified atom stereocenters. The molecule has 0 aliphatic heterocycles. The molecule has 1 saturated carbocycles. The number of benzene rings is 3. The highest BCUT2D eigenvalue weighted by Crippen LogP contribution is 2.40. The maximum atomic E-state index is 14.9. The Morgan fingerprint density at radius 1 is 0.860 bits per heavy atom. The number of amides is 2. The maximum Gasteiger partial charge on any atom is 0.573 e. The van der Waals surface area contributed by atoms with Gasteiger partial charge in [-0.3, -0.25) is 4.79 Å². The molecular weight excluding hydrogens is 581 g/mol. The third-order valence-electron chi connectivity index (χ3n) is 7.27. The number of nitrogens with one attached hydrogen (secondary N) is 2. The van der Waals surface area contributed by atoms with Crippen LogP contribution in [0.15, 0.2) is 66.7 Å². The summed E-state index contributed by atoms with van der Waals surface area (Å²) in [7, 11) is 0. The van der Waals surface area contributed by atoms with Gasteiger partial charge in [0.2, 0.25) is 0 Å². The molecule has 1 aliphatic rings. The lowest BCUT2D eigenvalue weighted by molar-refractivity contribution is -0.275. The lowest BCUT2D eigenvalue weighted by Crippen LogP contribution is -2.53. The zero-order valence-corrected chi connectivity index (χ0v) is 23.0. The van der Waals surface area contributed by atoms with Crippen LogP contribution in [0, 0.1) is 5.82 Å². The standard InChI is InChI=1S/C31H29F7N2O3/c1-19(41)13-21-11-12-22(17-27(21)43-31(36,37)38)29(18-20-7-3-2-4-8-20,40-28(42)39-26-9-5-6-10-26)23-14-24(30(33,34)35)16-25(32)15-23/h2-4,7-8,11-12,14-17,26H,5-6,9-10,13,18H2,1H3,(H2,39,40,42). The fourth-order valence-electron chi connectivity index (χ4n) is 5.40. The minimum Gasteiger partial charge on any atom is -0.405 e. The van der Waals surface area contributed by atoms with Gasteiger partial charge in [-0.15, -0.1) is 13.2 Å². The molecular formula is C31H29F7N2O3. The van der Waals surface area contributed by atoms with E-state index < -0.39 is 53.4 Å². The van der Waals surface area contributed by atoms with Crippen LogP contribution in [0.2, 0.25) is 0 Å². The fourth-order valence-corrected chi connectivity index (χ4v) is 5.40. The molecule has 0 aromatic heterocycles. The molecule has 12 heteroatoms. The van der Waals surface area contributed by atoms with Crippen molar-refractivity contribution < 1.29 is 45.1 Å². The summed E-state index contributed by atoms with van der Waals surface area (Å²) < 4.78 is 101. The molecule has 0 radical (unpaired) electrons. The molecule has 2 amide bonds. The van der Waals surface area contributed by atoms with Gasteiger partial charge in [0.05, 0.1) is 11.1 Å². The number of alkyl halides is 6. The number of hydrogen-bond donors (Lipinski definition) is 2. The third-order valence-corrected chi connectivity index (χ3v) is 7.27. The van der Waals surface area contributed by atoms with Crippen LogP contribution in [0.4, 0.5) is 35.5 Å². The second-order valence-electron chi connectivity index (χ2n) is 10.6. The van der Waals surface area contributed by atoms with Crippen molar-refractivity contribution in [2.45, 2.75) is 69.6 Å². The van der Waals surface area contributed by atoms with Gasteiger partial charge in [-0.1, -0.05) is 55.3 Å². The van der Waals surface area contributed by atoms with Crippen LogP contribution in [-0.2, 0) is 29.4 Å². The first-order valence-electron chi connectivity index (χ1n) is 13.5. The topological polar surface area (TPSA) is 67.4 Å². The SMILES string of the molecule is CC(=O)Cc1ccc(C(Cc2ccccc2)(NC(=O)NC2CCCC2)c2cc(F)cc(C(F)(F)F)c2)cc1OC(F)(F)F. The number of Topliss-reactive ketones (excluding diaryl/α,β-unsaturated/α-hetero) is 1. The van der Waals surface area contributed by atoms with Gasteiger partial charge >= 0.3 is 18.6 Å². The number of carbonyl (C=O) groups is 2. The molecule has 1 aliphatic carbocycles. The van der Waals surface area contributed by atoms with Gasteiger partial charge < -0.3 is 15.4 Å². The molecule has 0 bridgehead atoms. The van der Waals surface area contributed by atoms with Crippen LogP contribution in [0.25, 0.3) is 0 Å². The van der Waals surface area contributed by atoms with E-state index in [1.54, 1.807) is 30.3 Å². The molecule has 230 valence electrons. The minimum atomic E-state index is -5.18. The molecule has 0 spiro atoms. The van der Waals surface area contributed by atoms with Crippen LogP contribution in [0.5, 0.6) is 5.75 Å². The third kappa shape index (κ3) is 8.26. The summed E-state index contributed by atoms with van der Waals surface area (Å²) in [6, 6.07) is 12.3. The van der Waals surface area contributed by atoms with E-state index in [0.717, 1.165) is 25.0 Å². The summed E-state index contributed by atoms with van der Waals surface area (Å²) >= 11 is 0. The Morgan fingerprint density at radius 3 is 2.12 bits per heavy atom. The number of urea groups is 1. The van der Waals surface area contributed by atoms with E-state index in [0.29, 0.717) is 30.5 Å². The molecule has 0 heterocycles. The summed E-state index contributed by atoms with van der Waals surface area (Å²) in [5.41, 5.74) is -3.51. The van der Waals surface area contributed by atoms with Crippen molar-refractivity contribution >= 4 is 11.8 Å². The Morgan fingerprint density at radius 2 is 1.51 bits per heavy atom. The van der Waals surface area contributed by atoms with Gasteiger partial charge in [0.1, 0.15) is 17.3 Å². The van der Waals surface area contributed by atoms with Crippen LogP contribution < -0.4 is 15.4 Å². The number of ether oxygens (including phenoxy) is 1. The highest BCUT2D eigenvalue weighted by atomic mass is 19.4. The molecule has 3 aromatic rings. The number of rotatable bonds is 9. The van der Waals surface area contributed by atoms with Crippen molar-refractivity contribution in [3.63, 3.8) is 0 Å². The summed E-state index contributed by atoms with van der Waals surface area (Å²) in [5, 5.41) is 5.49. The average Bonchev–Trinajstić information content (AvgIpc) is 3.41. The molecule has 43 heavy (non-hydrogen) atoms. The first-order valence-corrected chi connectivity index (χ1v) is 13.5. The predicted molar refractivity (Wildman–Crippen MR) is 144 cm³/mol.